The van der Waals surface area contributed by atoms with Gasteiger partial charge in [0, 0.05) is 12.3 Å². The van der Waals surface area contributed by atoms with Crippen molar-refractivity contribution >= 4 is 15.7 Å². The van der Waals surface area contributed by atoms with Gasteiger partial charge in [-0.25, -0.2) is 8.42 Å². The molecule has 2 aromatic carbocycles. The van der Waals surface area contributed by atoms with Crippen LogP contribution in [0.5, 0.6) is 0 Å². The van der Waals surface area contributed by atoms with Gasteiger partial charge in [-0.15, -0.1) is 0 Å². The number of nitrogens with one attached hydrogen (secondary N) is 1. The van der Waals surface area contributed by atoms with Crippen LogP contribution in [0.2, 0.25) is 0 Å². The molecule has 0 atom stereocenters. The number of hydrogen-bond acceptors (Lipinski definition) is 3. The van der Waals surface area contributed by atoms with E-state index in [4.69, 9.17) is 5.11 Å². The van der Waals surface area contributed by atoms with Gasteiger partial charge in [0.05, 0.1) is 4.90 Å². The Kier molecular flexibility index (Phi) is 4.98. The summed E-state index contributed by atoms with van der Waals surface area (Å²) in [5.74, 6) is 0. The zero-order valence-corrected chi connectivity index (χ0v) is 12.7. The van der Waals surface area contributed by atoms with E-state index in [9.17, 15) is 8.42 Å². The fourth-order valence-electron chi connectivity index (χ4n) is 2.04. The van der Waals surface area contributed by atoms with E-state index in [1.165, 1.54) is 0 Å². The zero-order valence-electron chi connectivity index (χ0n) is 11.9. The van der Waals surface area contributed by atoms with Crippen molar-refractivity contribution in [3.05, 3.63) is 59.7 Å². The van der Waals surface area contributed by atoms with Crippen molar-refractivity contribution in [1.82, 2.24) is 0 Å². The van der Waals surface area contributed by atoms with Gasteiger partial charge in [0.1, 0.15) is 0 Å². The first-order valence-corrected chi connectivity index (χ1v) is 8.29. The quantitative estimate of drug-likeness (QED) is 0.862. The van der Waals surface area contributed by atoms with Crippen LogP contribution in [-0.2, 0) is 16.4 Å². The van der Waals surface area contributed by atoms with E-state index < -0.39 is 10.0 Å². The smallest absolute Gasteiger partial charge is 0.261 e. The van der Waals surface area contributed by atoms with Crippen LogP contribution < -0.4 is 4.72 Å². The summed E-state index contributed by atoms with van der Waals surface area (Å²) in [5, 5.41) is 8.79. The van der Waals surface area contributed by atoms with Crippen LogP contribution in [0.4, 0.5) is 5.69 Å². The van der Waals surface area contributed by atoms with Gasteiger partial charge in [-0.3, -0.25) is 4.72 Å². The third-order valence-corrected chi connectivity index (χ3v) is 4.52. The first-order chi connectivity index (χ1) is 10.0. The van der Waals surface area contributed by atoms with E-state index >= 15 is 0 Å². The Bertz CT molecular complexity index is 694. The molecular formula is C16H19NO3S. The molecule has 0 heterocycles. The van der Waals surface area contributed by atoms with Crippen molar-refractivity contribution in [1.29, 1.82) is 0 Å². The molecule has 0 aliphatic rings. The second kappa shape index (κ2) is 6.74. The van der Waals surface area contributed by atoms with E-state index in [0.717, 1.165) is 17.5 Å². The Morgan fingerprint density at radius 1 is 1.10 bits per heavy atom. The maximum atomic E-state index is 12.3. The molecule has 0 aliphatic heterocycles. The maximum Gasteiger partial charge on any atom is 0.261 e. The Morgan fingerprint density at radius 2 is 1.81 bits per heavy atom. The SMILES string of the molecule is Cc1cccc(NS(=O)(=O)c2ccc(CCCO)cc2)c1. The molecule has 0 aliphatic carbocycles. The highest BCUT2D eigenvalue weighted by Gasteiger charge is 2.13. The second-order valence-corrected chi connectivity index (χ2v) is 6.63. The Labute approximate surface area is 125 Å². The molecule has 5 heteroatoms. The van der Waals surface area contributed by atoms with Crippen LogP contribution in [0.3, 0.4) is 0 Å². The number of rotatable bonds is 6. The lowest BCUT2D eigenvalue weighted by atomic mass is 10.1. The van der Waals surface area contributed by atoms with Gasteiger partial charge in [0.25, 0.3) is 10.0 Å². The first-order valence-electron chi connectivity index (χ1n) is 6.80. The van der Waals surface area contributed by atoms with Crippen molar-refractivity contribution in [3.63, 3.8) is 0 Å². The number of aliphatic hydroxyl groups excluding tert-OH is 1. The normalized spacial score (nSPS) is 11.3. The lowest BCUT2D eigenvalue weighted by Crippen LogP contribution is -2.13. The molecule has 4 nitrogen and oxygen atoms in total. The number of anilines is 1. The molecule has 2 rings (SSSR count). The van der Waals surface area contributed by atoms with Crippen molar-refractivity contribution in [3.8, 4) is 0 Å². The highest BCUT2D eigenvalue weighted by Crippen LogP contribution is 2.18. The van der Waals surface area contributed by atoms with Crippen molar-refractivity contribution in [2.45, 2.75) is 24.7 Å². The molecule has 0 bridgehead atoms. The average Bonchev–Trinajstić information content (AvgIpc) is 2.45. The summed E-state index contributed by atoms with van der Waals surface area (Å²) in [4.78, 5) is 0.233. The summed E-state index contributed by atoms with van der Waals surface area (Å²) in [6, 6.07) is 14.0. The molecule has 2 N–H and O–H groups in total. The maximum absolute atomic E-state index is 12.3. The summed E-state index contributed by atoms with van der Waals surface area (Å²) < 4.78 is 27.1. The van der Waals surface area contributed by atoms with Gasteiger partial charge in [-0.05, 0) is 55.2 Å². The number of aliphatic hydroxyl groups is 1. The van der Waals surface area contributed by atoms with Gasteiger partial charge in [-0.2, -0.15) is 0 Å². The molecule has 0 unspecified atom stereocenters. The van der Waals surface area contributed by atoms with Gasteiger partial charge >= 0.3 is 0 Å². The lowest BCUT2D eigenvalue weighted by Gasteiger charge is -2.09. The number of hydrogen-bond donors (Lipinski definition) is 2. The van der Waals surface area contributed by atoms with E-state index in [2.05, 4.69) is 4.72 Å². The van der Waals surface area contributed by atoms with Crippen LogP contribution in [-0.4, -0.2) is 20.1 Å². The first kappa shape index (κ1) is 15.5. The number of benzene rings is 2. The molecule has 0 radical (unpaired) electrons. The van der Waals surface area contributed by atoms with E-state index in [1.807, 2.05) is 19.1 Å². The Balaban J connectivity index is 2.15. The molecular weight excluding hydrogens is 286 g/mol. The monoisotopic (exact) mass is 305 g/mol. The van der Waals surface area contributed by atoms with Crippen LogP contribution in [0.1, 0.15) is 17.5 Å². The minimum Gasteiger partial charge on any atom is -0.396 e. The van der Waals surface area contributed by atoms with Crippen molar-refractivity contribution < 1.29 is 13.5 Å². The third kappa shape index (κ3) is 4.31. The third-order valence-electron chi connectivity index (χ3n) is 3.13. The number of aryl methyl sites for hydroxylation is 2. The highest BCUT2D eigenvalue weighted by molar-refractivity contribution is 7.92. The molecule has 0 spiro atoms. The summed E-state index contributed by atoms with van der Waals surface area (Å²) in [7, 11) is -3.57. The van der Waals surface area contributed by atoms with Crippen LogP contribution >= 0.6 is 0 Å². The van der Waals surface area contributed by atoms with Gasteiger partial charge in [-0.1, -0.05) is 24.3 Å². The second-order valence-electron chi connectivity index (χ2n) is 4.95. The fraction of sp³-hybridized carbons (Fsp3) is 0.250. The van der Waals surface area contributed by atoms with Gasteiger partial charge in [0.2, 0.25) is 0 Å². The Morgan fingerprint density at radius 3 is 2.43 bits per heavy atom. The van der Waals surface area contributed by atoms with E-state index in [1.54, 1.807) is 36.4 Å². The summed E-state index contributed by atoms with van der Waals surface area (Å²) in [6.07, 6.45) is 1.41. The molecule has 0 amide bonds. The molecule has 0 fully saturated rings. The largest absolute Gasteiger partial charge is 0.396 e. The highest BCUT2D eigenvalue weighted by atomic mass is 32.2. The van der Waals surface area contributed by atoms with Crippen LogP contribution in [0.15, 0.2) is 53.4 Å². The van der Waals surface area contributed by atoms with Gasteiger partial charge < -0.3 is 5.11 Å². The van der Waals surface area contributed by atoms with E-state index in [-0.39, 0.29) is 11.5 Å². The minimum absolute atomic E-state index is 0.134. The molecule has 0 saturated carbocycles. The molecule has 112 valence electrons. The topological polar surface area (TPSA) is 66.4 Å². The summed E-state index contributed by atoms with van der Waals surface area (Å²) >= 11 is 0. The van der Waals surface area contributed by atoms with Gasteiger partial charge in [0.15, 0.2) is 0 Å². The number of sulfonamides is 1. The predicted octanol–water partition coefficient (Wildman–Crippen LogP) is 2.72. The van der Waals surface area contributed by atoms with E-state index in [0.29, 0.717) is 12.1 Å². The Hall–Kier alpha value is -1.85. The molecule has 21 heavy (non-hydrogen) atoms. The average molecular weight is 305 g/mol. The predicted molar refractivity (Wildman–Crippen MR) is 83.8 cm³/mol. The van der Waals surface area contributed by atoms with Crippen LogP contribution in [0.25, 0.3) is 0 Å². The fourth-order valence-corrected chi connectivity index (χ4v) is 3.09. The molecule has 0 aromatic heterocycles. The lowest BCUT2D eigenvalue weighted by molar-refractivity contribution is 0.288. The summed E-state index contributed by atoms with van der Waals surface area (Å²) in [6.45, 7) is 2.04. The van der Waals surface area contributed by atoms with Crippen LogP contribution in [0, 0.1) is 6.92 Å². The standard InChI is InChI=1S/C16H19NO3S/c1-13-4-2-6-15(12-13)17-21(19,20)16-9-7-14(8-10-16)5-3-11-18/h2,4,6-10,12,17-18H,3,5,11H2,1H3. The van der Waals surface area contributed by atoms with Crippen molar-refractivity contribution in [2.75, 3.05) is 11.3 Å². The molecule has 0 saturated heterocycles. The summed E-state index contributed by atoms with van der Waals surface area (Å²) in [5.41, 5.74) is 2.56. The zero-order chi connectivity index (χ0) is 15.3. The van der Waals surface area contributed by atoms with Crippen molar-refractivity contribution in [2.24, 2.45) is 0 Å². The minimum atomic E-state index is -3.57. The molecule has 2 aromatic rings.